The fourth-order valence-corrected chi connectivity index (χ4v) is 2.59. The van der Waals surface area contributed by atoms with Crippen LogP contribution >= 0.6 is 0 Å². The lowest BCUT2D eigenvalue weighted by Crippen LogP contribution is -2.14. The lowest BCUT2D eigenvalue weighted by Gasteiger charge is -2.08. The summed E-state index contributed by atoms with van der Waals surface area (Å²) in [6.07, 6.45) is 0.337. The Bertz CT molecular complexity index is 735. The molecule has 0 bridgehead atoms. The molecule has 112 valence electrons. The van der Waals surface area contributed by atoms with Crippen LogP contribution in [0.15, 0.2) is 42.5 Å². The molecule has 4 nitrogen and oxygen atoms in total. The second-order valence-corrected chi connectivity index (χ2v) is 5.72. The fourth-order valence-electron chi connectivity index (χ4n) is 2.59. The van der Waals surface area contributed by atoms with E-state index in [1.165, 1.54) is 5.56 Å². The molecule has 3 rings (SSSR count). The Kier molecular flexibility index (Phi) is 3.67. The third-order valence-corrected chi connectivity index (χ3v) is 3.94. The molecule has 1 unspecified atom stereocenters. The number of carbonyl (C=O) groups is 2. The molecule has 0 fully saturated rings. The Morgan fingerprint density at radius 3 is 2.64 bits per heavy atom. The van der Waals surface area contributed by atoms with E-state index < -0.39 is 0 Å². The number of nitrogens with one attached hydrogen (secondary N) is 2. The van der Waals surface area contributed by atoms with Crippen LogP contribution in [0.2, 0.25) is 0 Å². The second kappa shape index (κ2) is 5.64. The first kappa shape index (κ1) is 14.3. The van der Waals surface area contributed by atoms with Crippen LogP contribution in [0.4, 0.5) is 11.4 Å². The number of hydrogen-bond donors (Lipinski definition) is 2. The zero-order valence-electron chi connectivity index (χ0n) is 12.6. The van der Waals surface area contributed by atoms with Crippen molar-refractivity contribution in [1.29, 1.82) is 0 Å². The van der Waals surface area contributed by atoms with E-state index in [-0.39, 0.29) is 17.7 Å². The van der Waals surface area contributed by atoms with E-state index in [9.17, 15) is 9.59 Å². The zero-order valence-corrected chi connectivity index (χ0v) is 12.6. The third kappa shape index (κ3) is 2.86. The molecule has 0 aliphatic carbocycles. The summed E-state index contributed by atoms with van der Waals surface area (Å²) in [5.74, 6) is -0.240. The largest absolute Gasteiger partial charge is 0.326 e. The Balaban J connectivity index is 1.70. The topological polar surface area (TPSA) is 58.2 Å². The lowest BCUT2D eigenvalue weighted by atomic mass is 10.0. The highest BCUT2D eigenvalue weighted by Crippen LogP contribution is 2.33. The maximum atomic E-state index is 12.1. The van der Waals surface area contributed by atoms with E-state index in [0.29, 0.717) is 6.42 Å². The van der Waals surface area contributed by atoms with Crippen LogP contribution in [0, 0.1) is 6.92 Å². The van der Waals surface area contributed by atoms with E-state index in [2.05, 4.69) is 10.6 Å². The Morgan fingerprint density at radius 2 is 1.91 bits per heavy atom. The van der Waals surface area contributed by atoms with Crippen molar-refractivity contribution in [2.45, 2.75) is 26.2 Å². The van der Waals surface area contributed by atoms with Crippen molar-refractivity contribution >= 4 is 23.2 Å². The summed E-state index contributed by atoms with van der Waals surface area (Å²) >= 11 is 0. The number of carbonyl (C=O) groups excluding carboxylic acids is 2. The van der Waals surface area contributed by atoms with Gasteiger partial charge in [0.25, 0.3) is 0 Å². The predicted molar refractivity (Wildman–Crippen MR) is 87.0 cm³/mol. The molecular formula is C18H18N2O2. The number of hydrogen-bond acceptors (Lipinski definition) is 2. The minimum atomic E-state index is -0.177. The maximum absolute atomic E-state index is 12.1. The van der Waals surface area contributed by atoms with Crippen molar-refractivity contribution in [3.63, 3.8) is 0 Å². The number of benzene rings is 2. The van der Waals surface area contributed by atoms with Crippen molar-refractivity contribution in [1.82, 2.24) is 0 Å². The number of anilines is 2. The van der Waals surface area contributed by atoms with E-state index in [1.807, 2.05) is 56.3 Å². The zero-order chi connectivity index (χ0) is 15.7. The summed E-state index contributed by atoms with van der Waals surface area (Å²) in [5, 5.41) is 5.71. The maximum Gasteiger partial charge on any atom is 0.231 e. The van der Waals surface area contributed by atoms with Gasteiger partial charge in [-0.25, -0.2) is 0 Å². The van der Waals surface area contributed by atoms with Crippen molar-refractivity contribution < 1.29 is 9.59 Å². The molecule has 22 heavy (non-hydrogen) atoms. The minimum Gasteiger partial charge on any atom is -0.326 e. The van der Waals surface area contributed by atoms with Gasteiger partial charge in [0, 0.05) is 11.4 Å². The summed E-state index contributed by atoms with van der Waals surface area (Å²) in [4.78, 5) is 23.8. The normalized spacial score (nSPS) is 16.1. The molecule has 4 heteroatoms. The molecule has 1 aliphatic heterocycles. The summed E-state index contributed by atoms with van der Waals surface area (Å²) < 4.78 is 0. The molecule has 0 radical (unpaired) electrons. The van der Waals surface area contributed by atoms with Gasteiger partial charge < -0.3 is 10.6 Å². The highest BCUT2D eigenvalue weighted by molar-refractivity contribution is 6.03. The van der Waals surface area contributed by atoms with E-state index in [0.717, 1.165) is 22.5 Å². The van der Waals surface area contributed by atoms with Crippen LogP contribution in [0.5, 0.6) is 0 Å². The number of amides is 2. The molecule has 0 saturated heterocycles. The van der Waals surface area contributed by atoms with Crippen LogP contribution in [0.3, 0.4) is 0 Å². The Labute approximate surface area is 129 Å². The van der Waals surface area contributed by atoms with E-state index in [1.54, 1.807) is 0 Å². The molecule has 2 aromatic carbocycles. The van der Waals surface area contributed by atoms with Gasteiger partial charge in [-0.2, -0.15) is 0 Å². The quantitative estimate of drug-likeness (QED) is 0.913. The highest BCUT2D eigenvalue weighted by Gasteiger charge is 2.26. The summed E-state index contributed by atoms with van der Waals surface area (Å²) in [6.45, 7) is 3.88. The first-order valence-corrected chi connectivity index (χ1v) is 7.33. The van der Waals surface area contributed by atoms with Crippen molar-refractivity contribution in [2.24, 2.45) is 0 Å². The van der Waals surface area contributed by atoms with Crippen LogP contribution in [0.1, 0.15) is 29.5 Å². The summed E-state index contributed by atoms with van der Waals surface area (Å²) in [7, 11) is 0. The first-order chi connectivity index (χ1) is 10.5. The molecule has 2 aromatic rings. The van der Waals surface area contributed by atoms with Gasteiger partial charge in [0.05, 0.1) is 12.3 Å². The molecule has 1 aliphatic rings. The van der Waals surface area contributed by atoms with Gasteiger partial charge in [-0.05, 0) is 43.2 Å². The van der Waals surface area contributed by atoms with Gasteiger partial charge >= 0.3 is 0 Å². The molecule has 1 atom stereocenters. The molecule has 0 saturated carbocycles. The van der Waals surface area contributed by atoms with Crippen molar-refractivity contribution in [3.05, 3.63) is 59.2 Å². The standard InChI is InChI=1S/C18H18N2O2/c1-11-3-5-13(6-4-11)9-17(21)19-14-7-8-16-15(10-14)12(2)18(22)20-16/h3-8,10,12H,9H2,1-2H3,(H,19,21)(H,20,22). The number of fused-ring (bicyclic) bond motifs is 1. The first-order valence-electron chi connectivity index (χ1n) is 7.33. The SMILES string of the molecule is Cc1ccc(CC(=O)Nc2ccc3c(c2)C(C)C(=O)N3)cc1. The third-order valence-electron chi connectivity index (χ3n) is 3.94. The van der Waals surface area contributed by atoms with Crippen LogP contribution in [-0.4, -0.2) is 11.8 Å². The van der Waals surface area contributed by atoms with Gasteiger partial charge in [0.1, 0.15) is 0 Å². The molecule has 2 amide bonds. The molecule has 1 heterocycles. The van der Waals surface area contributed by atoms with Crippen molar-refractivity contribution in [3.8, 4) is 0 Å². The fraction of sp³-hybridized carbons (Fsp3) is 0.222. The lowest BCUT2D eigenvalue weighted by molar-refractivity contribution is -0.117. The predicted octanol–water partition coefficient (Wildman–Crippen LogP) is 3.23. The van der Waals surface area contributed by atoms with Gasteiger partial charge in [0.2, 0.25) is 11.8 Å². The van der Waals surface area contributed by atoms with Crippen LogP contribution in [-0.2, 0) is 16.0 Å². The van der Waals surface area contributed by atoms with Crippen LogP contribution < -0.4 is 10.6 Å². The molecule has 2 N–H and O–H groups in total. The summed E-state index contributed by atoms with van der Waals surface area (Å²) in [5.41, 5.74) is 4.63. The van der Waals surface area contributed by atoms with Crippen LogP contribution in [0.25, 0.3) is 0 Å². The second-order valence-electron chi connectivity index (χ2n) is 5.72. The molecule has 0 aromatic heterocycles. The van der Waals surface area contributed by atoms with Crippen molar-refractivity contribution in [2.75, 3.05) is 10.6 Å². The number of aryl methyl sites for hydroxylation is 1. The van der Waals surface area contributed by atoms with Gasteiger partial charge in [0.15, 0.2) is 0 Å². The smallest absolute Gasteiger partial charge is 0.231 e. The number of rotatable bonds is 3. The Hall–Kier alpha value is -2.62. The average molecular weight is 294 g/mol. The Morgan fingerprint density at radius 1 is 1.18 bits per heavy atom. The van der Waals surface area contributed by atoms with Gasteiger partial charge in [-0.1, -0.05) is 29.8 Å². The highest BCUT2D eigenvalue weighted by atomic mass is 16.2. The van der Waals surface area contributed by atoms with Gasteiger partial charge in [-0.15, -0.1) is 0 Å². The van der Waals surface area contributed by atoms with E-state index in [4.69, 9.17) is 0 Å². The average Bonchev–Trinajstić information content (AvgIpc) is 2.77. The monoisotopic (exact) mass is 294 g/mol. The van der Waals surface area contributed by atoms with Gasteiger partial charge in [-0.3, -0.25) is 9.59 Å². The summed E-state index contributed by atoms with van der Waals surface area (Å²) in [6, 6.07) is 13.4. The molecule has 0 spiro atoms. The molecular weight excluding hydrogens is 276 g/mol. The van der Waals surface area contributed by atoms with E-state index >= 15 is 0 Å². The minimum absolute atomic E-state index is 0.00173.